The van der Waals surface area contributed by atoms with Gasteiger partial charge >= 0.3 is 0 Å². The van der Waals surface area contributed by atoms with Crippen LogP contribution in [0.5, 0.6) is 11.5 Å². The fourth-order valence-electron chi connectivity index (χ4n) is 3.52. The minimum Gasteiger partial charge on any atom is -0.497 e. The van der Waals surface area contributed by atoms with Gasteiger partial charge in [0.25, 0.3) is 0 Å². The van der Waals surface area contributed by atoms with Crippen LogP contribution in [0.1, 0.15) is 13.3 Å². The molecule has 9 nitrogen and oxygen atoms in total. The number of hydrogen-bond acceptors (Lipinski definition) is 8. The van der Waals surface area contributed by atoms with Crippen LogP contribution in [0.4, 0.5) is 5.13 Å². The second-order valence-corrected chi connectivity index (χ2v) is 10.7. The molecule has 0 radical (unpaired) electrons. The molecule has 0 aliphatic heterocycles. The van der Waals surface area contributed by atoms with E-state index in [2.05, 4.69) is 10.1 Å². The molecule has 2 aromatic heterocycles. The summed E-state index contributed by atoms with van der Waals surface area (Å²) in [6.45, 7) is 3.14. The topological polar surface area (TPSA) is 104 Å². The second kappa shape index (κ2) is 10.9. The van der Waals surface area contributed by atoms with Gasteiger partial charge in [0.15, 0.2) is 15.0 Å². The summed E-state index contributed by atoms with van der Waals surface area (Å²) < 4.78 is 39.1. The summed E-state index contributed by atoms with van der Waals surface area (Å²) in [6, 6.07) is 13.6. The number of fused-ring (bicyclic) bond motifs is 1. The Kier molecular flexibility index (Phi) is 7.67. The van der Waals surface area contributed by atoms with Crippen LogP contribution in [0.2, 0.25) is 0 Å². The number of carbonyl (C=O) groups is 1. The lowest BCUT2D eigenvalue weighted by Crippen LogP contribution is -2.35. The van der Waals surface area contributed by atoms with Gasteiger partial charge < -0.3 is 9.47 Å². The summed E-state index contributed by atoms with van der Waals surface area (Å²) in [5.41, 5.74) is 0.678. The molecule has 11 heteroatoms. The number of para-hydroxylation sites is 1. The van der Waals surface area contributed by atoms with E-state index in [1.807, 2.05) is 31.3 Å². The fraction of sp³-hybridized carbons (Fsp3) is 0.292. The van der Waals surface area contributed by atoms with Crippen LogP contribution >= 0.6 is 11.3 Å². The van der Waals surface area contributed by atoms with Crippen molar-refractivity contribution in [1.29, 1.82) is 0 Å². The Morgan fingerprint density at radius 3 is 2.63 bits per heavy atom. The Labute approximate surface area is 207 Å². The fourth-order valence-corrected chi connectivity index (χ4v) is 5.77. The number of carbonyl (C=O) groups excluding carboxylic acids is 1. The second-order valence-electron chi connectivity index (χ2n) is 7.59. The highest BCUT2D eigenvalue weighted by molar-refractivity contribution is 7.91. The number of rotatable bonds is 11. The van der Waals surface area contributed by atoms with E-state index in [1.165, 1.54) is 35.5 Å². The Bertz CT molecular complexity index is 1380. The molecular formula is C24H26N4O5S2. The first-order chi connectivity index (χ1) is 16.9. The first-order valence-electron chi connectivity index (χ1n) is 11.1. The number of anilines is 1. The molecular weight excluding hydrogens is 488 g/mol. The molecule has 4 rings (SSSR count). The zero-order valence-corrected chi connectivity index (χ0v) is 21.1. The summed E-state index contributed by atoms with van der Waals surface area (Å²) in [6.07, 6.45) is 3.30. The van der Waals surface area contributed by atoms with Gasteiger partial charge in [0, 0.05) is 25.4 Å². The third-order valence-electron chi connectivity index (χ3n) is 5.32. The van der Waals surface area contributed by atoms with Gasteiger partial charge in [-0.15, -0.1) is 0 Å². The molecule has 0 atom stereocenters. The van der Waals surface area contributed by atoms with Crippen LogP contribution in [0.3, 0.4) is 0 Å². The van der Waals surface area contributed by atoms with E-state index in [9.17, 15) is 13.2 Å². The Balaban J connectivity index is 1.56. The number of methoxy groups -OCH3 is 1. The van der Waals surface area contributed by atoms with Crippen LogP contribution in [0, 0.1) is 0 Å². The average molecular weight is 515 g/mol. The van der Waals surface area contributed by atoms with E-state index in [0.717, 1.165) is 4.70 Å². The number of thiazole rings is 1. The van der Waals surface area contributed by atoms with E-state index in [4.69, 9.17) is 9.47 Å². The Morgan fingerprint density at radius 2 is 1.94 bits per heavy atom. The number of sulfone groups is 1. The minimum absolute atomic E-state index is 0.149. The maximum atomic E-state index is 13.3. The van der Waals surface area contributed by atoms with E-state index in [0.29, 0.717) is 41.8 Å². The van der Waals surface area contributed by atoms with Gasteiger partial charge in [-0.1, -0.05) is 17.4 Å². The first kappa shape index (κ1) is 24.7. The first-order valence-corrected chi connectivity index (χ1v) is 13.5. The summed E-state index contributed by atoms with van der Waals surface area (Å²) in [5.74, 6) is 0.568. The maximum absolute atomic E-state index is 13.3. The lowest BCUT2D eigenvalue weighted by molar-refractivity contribution is -0.118. The molecule has 0 unspecified atom stereocenters. The van der Waals surface area contributed by atoms with Crippen molar-refractivity contribution < 1.29 is 22.7 Å². The van der Waals surface area contributed by atoms with Crippen LogP contribution in [-0.4, -0.2) is 55.1 Å². The van der Waals surface area contributed by atoms with Gasteiger partial charge in [0.2, 0.25) is 5.91 Å². The molecule has 0 aliphatic carbocycles. The average Bonchev–Trinajstić information content (AvgIpc) is 3.54. The number of ether oxygens (including phenoxy) is 2. The van der Waals surface area contributed by atoms with Crippen molar-refractivity contribution in [1.82, 2.24) is 14.8 Å². The molecule has 184 valence electrons. The van der Waals surface area contributed by atoms with Crippen molar-refractivity contribution in [2.45, 2.75) is 24.8 Å². The van der Waals surface area contributed by atoms with E-state index in [1.54, 1.807) is 29.1 Å². The quantitative estimate of drug-likeness (QED) is 0.300. The molecule has 0 saturated carbocycles. The lowest BCUT2D eigenvalue weighted by Gasteiger charge is -2.20. The van der Waals surface area contributed by atoms with Gasteiger partial charge in [0.05, 0.1) is 35.6 Å². The number of nitrogens with zero attached hydrogens (tertiary/aromatic N) is 4. The molecule has 4 aromatic rings. The maximum Gasteiger partial charge on any atom is 0.229 e. The highest BCUT2D eigenvalue weighted by Gasteiger charge is 2.24. The lowest BCUT2D eigenvalue weighted by atomic mass is 10.3. The molecule has 0 saturated heterocycles. The molecule has 1 amide bonds. The van der Waals surface area contributed by atoms with Crippen molar-refractivity contribution >= 4 is 42.4 Å². The van der Waals surface area contributed by atoms with Crippen molar-refractivity contribution in [3.05, 3.63) is 60.9 Å². The summed E-state index contributed by atoms with van der Waals surface area (Å²) >= 11 is 1.37. The van der Waals surface area contributed by atoms with Crippen LogP contribution < -0.4 is 14.4 Å². The predicted octanol–water partition coefficient (Wildman–Crippen LogP) is 3.80. The Morgan fingerprint density at radius 1 is 1.14 bits per heavy atom. The number of benzene rings is 2. The number of aromatic nitrogens is 3. The van der Waals surface area contributed by atoms with Crippen LogP contribution in [0.25, 0.3) is 10.2 Å². The van der Waals surface area contributed by atoms with Crippen molar-refractivity contribution in [3.63, 3.8) is 0 Å². The molecule has 0 N–H and O–H groups in total. The van der Waals surface area contributed by atoms with Gasteiger partial charge in [-0.3, -0.25) is 14.4 Å². The summed E-state index contributed by atoms with van der Waals surface area (Å²) in [7, 11) is -2.14. The smallest absolute Gasteiger partial charge is 0.229 e. The van der Waals surface area contributed by atoms with Crippen molar-refractivity contribution in [2.75, 3.05) is 30.9 Å². The van der Waals surface area contributed by atoms with Crippen LogP contribution in [0.15, 0.2) is 65.8 Å². The number of amides is 1. The number of hydrogen-bond donors (Lipinski definition) is 0. The molecule has 2 aromatic carbocycles. The molecule has 0 fully saturated rings. The standard InChI is InChI=1S/C24H26N4O5S2/c1-3-33-20-6-4-7-21-23(20)26-24(34-21)28(16-15-27-14-5-13-25-27)22(29)12-17-35(30,31)19-10-8-18(32-2)9-11-19/h4-11,13-14H,3,12,15-17H2,1-2H3. The minimum atomic E-state index is -3.65. The van der Waals surface area contributed by atoms with Crippen LogP contribution in [-0.2, 0) is 21.2 Å². The molecule has 0 aliphatic rings. The molecule has 35 heavy (non-hydrogen) atoms. The highest BCUT2D eigenvalue weighted by Crippen LogP contribution is 2.34. The van der Waals surface area contributed by atoms with Crippen molar-refractivity contribution in [2.24, 2.45) is 0 Å². The summed E-state index contributed by atoms with van der Waals surface area (Å²) in [5, 5.41) is 4.69. The van der Waals surface area contributed by atoms with Gasteiger partial charge in [-0.05, 0) is 49.4 Å². The zero-order chi connectivity index (χ0) is 24.8. The van der Waals surface area contributed by atoms with E-state index in [-0.39, 0.29) is 23.0 Å². The Hall–Kier alpha value is -3.44. The summed E-state index contributed by atoms with van der Waals surface area (Å²) in [4.78, 5) is 19.7. The van der Waals surface area contributed by atoms with Gasteiger partial charge in [-0.25, -0.2) is 13.4 Å². The third-order valence-corrected chi connectivity index (χ3v) is 8.09. The largest absolute Gasteiger partial charge is 0.497 e. The normalized spacial score (nSPS) is 11.5. The van der Waals surface area contributed by atoms with Gasteiger partial charge in [0.1, 0.15) is 17.0 Å². The van der Waals surface area contributed by atoms with Gasteiger partial charge in [-0.2, -0.15) is 5.10 Å². The zero-order valence-electron chi connectivity index (χ0n) is 19.5. The monoisotopic (exact) mass is 514 g/mol. The van der Waals surface area contributed by atoms with E-state index < -0.39 is 9.84 Å². The SMILES string of the molecule is CCOc1cccc2sc(N(CCn3cccn3)C(=O)CCS(=O)(=O)c3ccc(OC)cc3)nc12. The van der Waals surface area contributed by atoms with E-state index >= 15 is 0 Å². The highest BCUT2D eigenvalue weighted by atomic mass is 32.2. The molecule has 0 spiro atoms. The predicted molar refractivity (Wildman–Crippen MR) is 135 cm³/mol. The molecule has 0 bridgehead atoms. The van der Waals surface area contributed by atoms with Crippen molar-refractivity contribution in [3.8, 4) is 11.5 Å². The third kappa shape index (κ3) is 5.80. The molecule has 2 heterocycles.